The van der Waals surface area contributed by atoms with Crippen LogP contribution in [-0.2, 0) is 17.8 Å². The number of nitrogens with zero attached hydrogens (tertiary/aromatic N) is 3. The molecule has 0 fully saturated rings. The first-order valence-electron chi connectivity index (χ1n) is 7.74. The van der Waals surface area contributed by atoms with Crippen molar-refractivity contribution < 1.29 is 9.21 Å². The minimum atomic E-state index is -0.142. The zero-order valence-electron chi connectivity index (χ0n) is 12.9. The summed E-state index contributed by atoms with van der Waals surface area (Å²) in [6.45, 7) is 2.02. The summed E-state index contributed by atoms with van der Waals surface area (Å²) in [7, 11) is 0. The number of rotatable bonds is 4. The van der Waals surface area contributed by atoms with Crippen LogP contribution in [0.25, 0.3) is 11.5 Å². The Balaban J connectivity index is 1.36. The van der Waals surface area contributed by atoms with Crippen LogP contribution in [0, 0.1) is 0 Å². The van der Waals surface area contributed by atoms with E-state index in [2.05, 4.69) is 31.9 Å². The lowest BCUT2D eigenvalue weighted by Crippen LogP contribution is -2.36. The summed E-state index contributed by atoms with van der Waals surface area (Å²) in [4.78, 5) is 15.7. The average molecular weight is 340 g/mol. The van der Waals surface area contributed by atoms with Crippen LogP contribution in [0.3, 0.4) is 0 Å². The van der Waals surface area contributed by atoms with Crippen LogP contribution in [0.15, 0.2) is 46.2 Å². The average Bonchev–Trinajstić information content (AvgIpc) is 3.24. The molecule has 0 aliphatic carbocycles. The number of carbonyl (C=O) groups excluding carboxylic acids is 1. The van der Waals surface area contributed by atoms with Gasteiger partial charge in [-0.3, -0.25) is 15.0 Å². The quantitative estimate of drug-likeness (QED) is 0.791. The topological polar surface area (TPSA) is 71.3 Å². The molecule has 3 heterocycles. The van der Waals surface area contributed by atoms with Gasteiger partial charge < -0.3 is 4.42 Å². The maximum atomic E-state index is 12.2. The van der Waals surface area contributed by atoms with Crippen LogP contribution in [0.2, 0.25) is 0 Å². The van der Waals surface area contributed by atoms with Crippen molar-refractivity contribution in [3.63, 3.8) is 0 Å². The number of hydrogen-bond donors (Lipinski definition) is 1. The molecule has 4 rings (SSSR count). The molecule has 0 saturated carbocycles. The molecular weight excluding hydrogens is 324 g/mol. The van der Waals surface area contributed by atoms with Crippen LogP contribution in [0.5, 0.6) is 0 Å². The van der Waals surface area contributed by atoms with Gasteiger partial charge in [-0.1, -0.05) is 23.3 Å². The van der Waals surface area contributed by atoms with Crippen molar-refractivity contribution in [2.45, 2.75) is 13.0 Å². The van der Waals surface area contributed by atoms with E-state index in [9.17, 15) is 4.79 Å². The van der Waals surface area contributed by atoms with Gasteiger partial charge in [-0.2, -0.15) is 0 Å². The van der Waals surface area contributed by atoms with Crippen molar-refractivity contribution >= 4 is 23.3 Å². The Labute approximate surface area is 143 Å². The second-order valence-corrected chi connectivity index (χ2v) is 6.66. The van der Waals surface area contributed by atoms with Crippen LogP contribution < -0.4 is 5.32 Å². The Morgan fingerprint density at radius 2 is 2.12 bits per heavy atom. The Morgan fingerprint density at radius 1 is 1.25 bits per heavy atom. The molecule has 3 aromatic rings. The van der Waals surface area contributed by atoms with Gasteiger partial charge in [0.1, 0.15) is 0 Å². The molecular formula is C17H16N4O2S. The van der Waals surface area contributed by atoms with Gasteiger partial charge in [0.15, 0.2) is 0 Å². The van der Waals surface area contributed by atoms with Crippen molar-refractivity contribution in [2.75, 3.05) is 18.4 Å². The molecule has 1 amide bonds. The fraction of sp³-hybridized carbons (Fsp3) is 0.235. The van der Waals surface area contributed by atoms with Crippen LogP contribution in [-0.4, -0.2) is 34.1 Å². The summed E-state index contributed by atoms with van der Waals surface area (Å²) < 4.78 is 5.50. The highest BCUT2D eigenvalue weighted by atomic mass is 32.1. The number of fused-ring (bicyclic) bond motifs is 1. The second-order valence-electron chi connectivity index (χ2n) is 5.66. The van der Waals surface area contributed by atoms with Crippen molar-refractivity contribution in [3.8, 4) is 11.5 Å². The Kier molecular flexibility index (Phi) is 4.10. The zero-order chi connectivity index (χ0) is 16.4. The summed E-state index contributed by atoms with van der Waals surface area (Å²) in [6.07, 6.45) is 0.999. The standard InChI is InChI=1S/C17H16N4O2S/c22-15(11-21-8-6-14-13(10-21)7-9-24-14)18-17-20-19-16(23-17)12-4-2-1-3-5-12/h1-5,7,9H,6,8,10-11H2,(H,18,20,22). The van der Waals surface area contributed by atoms with Gasteiger partial charge in [0.05, 0.1) is 6.54 Å². The van der Waals surface area contributed by atoms with Crippen LogP contribution >= 0.6 is 11.3 Å². The predicted octanol–water partition coefficient (Wildman–Crippen LogP) is 2.79. The van der Waals surface area contributed by atoms with E-state index in [1.54, 1.807) is 11.3 Å². The summed E-state index contributed by atoms with van der Waals surface area (Å²) in [5, 5.41) is 12.6. The van der Waals surface area contributed by atoms with E-state index < -0.39 is 0 Å². The second kappa shape index (κ2) is 6.54. The lowest BCUT2D eigenvalue weighted by Gasteiger charge is -2.25. The first kappa shape index (κ1) is 15.0. The first-order valence-corrected chi connectivity index (χ1v) is 8.62. The molecule has 24 heavy (non-hydrogen) atoms. The van der Waals surface area contributed by atoms with Gasteiger partial charge in [-0.05, 0) is 35.6 Å². The number of aromatic nitrogens is 2. The van der Waals surface area contributed by atoms with Gasteiger partial charge in [0.2, 0.25) is 11.8 Å². The van der Waals surface area contributed by atoms with Crippen molar-refractivity contribution in [1.82, 2.24) is 15.1 Å². The molecule has 1 aliphatic heterocycles. The van der Waals surface area contributed by atoms with E-state index >= 15 is 0 Å². The monoisotopic (exact) mass is 340 g/mol. The first-order chi connectivity index (χ1) is 11.8. The molecule has 0 atom stereocenters. The van der Waals surface area contributed by atoms with Gasteiger partial charge in [-0.15, -0.1) is 16.4 Å². The maximum Gasteiger partial charge on any atom is 0.322 e. The molecule has 1 aromatic carbocycles. The summed E-state index contributed by atoms with van der Waals surface area (Å²) in [5.74, 6) is 0.253. The van der Waals surface area contributed by atoms with E-state index in [1.807, 2.05) is 30.3 Å². The van der Waals surface area contributed by atoms with Crippen molar-refractivity contribution in [1.29, 1.82) is 0 Å². The maximum absolute atomic E-state index is 12.2. The van der Waals surface area contributed by atoms with Crippen LogP contribution in [0.4, 0.5) is 6.01 Å². The van der Waals surface area contributed by atoms with E-state index in [-0.39, 0.29) is 11.9 Å². The van der Waals surface area contributed by atoms with Gasteiger partial charge >= 0.3 is 6.01 Å². The smallest absolute Gasteiger partial charge is 0.322 e. The molecule has 7 heteroatoms. The van der Waals surface area contributed by atoms with Crippen LogP contribution in [0.1, 0.15) is 10.4 Å². The SMILES string of the molecule is O=C(CN1CCc2sccc2C1)Nc1nnc(-c2ccccc2)o1. The number of anilines is 1. The zero-order valence-corrected chi connectivity index (χ0v) is 13.8. The molecule has 0 saturated heterocycles. The lowest BCUT2D eigenvalue weighted by molar-refractivity contribution is -0.117. The molecule has 6 nitrogen and oxygen atoms in total. The third kappa shape index (κ3) is 3.22. The van der Waals surface area contributed by atoms with E-state index in [1.165, 1.54) is 10.4 Å². The molecule has 2 aromatic heterocycles. The number of nitrogens with one attached hydrogen (secondary N) is 1. The summed E-state index contributed by atoms with van der Waals surface area (Å²) >= 11 is 1.79. The molecule has 0 spiro atoms. The largest absolute Gasteiger partial charge is 0.403 e. The van der Waals surface area contributed by atoms with Crippen molar-refractivity contribution in [3.05, 3.63) is 52.2 Å². The molecule has 1 aliphatic rings. The highest BCUT2D eigenvalue weighted by Gasteiger charge is 2.20. The normalized spacial score (nSPS) is 14.3. The molecule has 0 unspecified atom stereocenters. The number of carbonyl (C=O) groups is 1. The van der Waals surface area contributed by atoms with Gasteiger partial charge in [0, 0.05) is 23.5 Å². The Bertz CT molecular complexity index is 843. The van der Waals surface area contributed by atoms with E-state index in [0.717, 1.165) is 25.1 Å². The number of benzene rings is 1. The third-order valence-corrected chi connectivity index (χ3v) is 4.97. The van der Waals surface area contributed by atoms with Gasteiger partial charge in [0.25, 0.3) is 0 Å². The highest BCUT2D eigenvalue weighted by Crippen LogP contribution is 2.24. The minimum Gasteiger partial charge on any atom is -0.403 e. The van der Waals surface area contributed by atoms with Gasteiger partial charge in [-0.25, -0.2) is 0 Å². The summed E-state index contributed by atoms with van der Waals surface area (Å²) in [5.41, 5.74) is 2.15. The number of hydrogen-bond acceptors (Lipinski definition) is 6. The predicted molar refractivity (Wildman–Crippen MR) is 91.7 cm³/mol. The fourth-order valence-corrected chi connectivity index (χ4v) is 3.66. The Morgan fingerprint density at radius 3 is 3.00 bits per heavy atom. The van der Waals surface area contributed by atoms with E-state index in [0.29, 0.717) is 12.4 Å². The van der Waals surface area contributed by atoms with Crippen molar-refractivity contribution in [2.24, 2.45) is 0 Å². The lowest BCUT2D eigenvalue weighted by atomic mass is 10.1. The highest BCUT2D eigenvalue weighted by molar-refractivity contribution is 7.10. The fourth-order valence-electron chi connectivity index (χ4n) is 2.77. The third-order valence-electron chi connectivity index (χ3n) is 3.95. The Hall–Kier alpha value is -2.51. The molecule has 0 bridgehead atoms. The van der Waals surface area contributed by atoms with E-state index in [4.69, 9.17) is 4.42 Å². The molecule has 0 radical (unpaired) electrons. The number of amides is 1. The molecule has 122 valence electrons. The minimum absolute atomic E-state index is 0.132. The molecule has 1 N–H and O–H groups in total. The summed E-state index contributed by atoms with van der Waals surface area (Å²) in [6, 6.07) is 11.7. The number of thiophene rings is 1.